The van der Waals surface area contributed by atoms with E-state index >= 15 is 0 Å². The molecule has 2 saturated heterocycles. The molecule has 12 nitrogen and oxygen atoms in total. The number of aromatic amines is 2. The molecule has 2 aliphatic rings. The molecule has 2 aromatic carbocycles. The molecule has 1 amide bonds. The van der Waals surface area contributed by atoms with Crippen LogP contribution < -0.4 is 15.8 Å². The van der Waals surface area contributed by atoms with Crippen molar-refractivity contribution >= 4 is 49.8 Å². The number of sulfone groups is 1. The zero-order chi connectivity index (χ0) is 31.7. The van der Waals surface area contributed by atoms with Gasteiger partial charge in [0, 0.05) is 62.7 Å². The first-order valence-electron chi connectivity index (χ1n) is 14.9. The molecule has 2 aromatic heterocycles. The summed E-state index contributed by atoms with van der Waals surface area (Å²) in [4.78, 5) is 42.7. The van der Waals surface area contributed by atoms with Crippen molar-refractivity contribution in [2.75, 3.05) is 74.1 Å². The number of nitrogens with zero attached hydrogens (tertiary/aromatic N) is 4. The van der Waals surface area contributed by atoms with Gasteiger partial charge in [0.25, 0.3) is 5.56 Å². The van der Waals surface area contributed by atoms with Gasteiger partial charge in [-0.25, -0.2) is 13.4 Å². The van der Waals surface area contributed by atoms with Crippen LogP contribution >= 0.6 is 11.6 Å². The molecule has 0 saturated carbocycles. The Labute approximate surface area is 265 Å². The van der Waals surface area contributed by atoms with E-state index in [1.807, 2.05) is 22.8 Å². The average molecular weight is 654 g/mol. The van der Waals surface area contributed by atoms with E-state index in [4.69, 9.17) is 16.6 Å². The number of benzene rings is 2. The molecule has 45 heavy (non-hydrogen) atoms. The first-order chi connectivity index (χ1) is 21.6. The highest BCUT2D eigenvalue weighted by Crippen LogP contribution is 2.30. The summed E-state index contributed by atoms with van der Waals surface area (Å²) in [5.41, 5.74) is 4.69. The Kier molecular flexibility index (Phi) is 8.87. The number of aliphatic hydroxyl groups is 1. The molecule has 1 atom stereocenters. The lowest BCUT2D eigenvalue weighted by Gasteiger charge is -2.37. The Morgan fingerprint density at radius 2 is 1.84 bits per heavy atom. The topological polar surface area (TPSA) is 155 Å². The van der Waals surface area contributed by atoms with E-state index < -0.39 is 15.9 Å². The van der Waals surface area contributed by atoms with Crippen LogP contribution in [-0.2, 0) is 14.6 Å². The standard InChI is InChI=1S/C31H36ClN7O5S/c1-20-15-23(38-7-9-39(10-8-38)27(41)19-37-11-13-45(43,44)14-12-37)17-25-29(20)36-30(35-25)28-24(5-6-33-31(28)42)34-18-26(40)21-3-2-4-22(32)16-21/h2-6,15-17,26,40H,7-14,18-19H2,1H3,(H,35,36)(H2,33,34,42)/t26-/m1/s1. The molecule has 0 radical (unpaired) electrons. The van der Waals surface area contributed by atoms with Crippen molar-refractivity contribution in [3.05, 3.63) is 75.2 Å². The first-order valence-corrected chi connectivity index (χ1v) is 17.1. The van der Waals surface area contributed by atoms with Crippen molar-refractivity contribution in [3.8, 4) is 11.4 Å². The molecule has 4 heterocycles. The van der Waals surface area contributed by atoms with Crippen molar-refractivity contribution in [2.24, 2.45) is 0 Å². The van der Waals surface area contributed by atoms with Crippen LogP contribution in [0.4, 0.5) is 11.4 Å². The zero-order valence-corrected chi connectivity index (χ0v) is 26.5. The number of anilines is 2. The third kappa shape index (κ3) is 7.01. The summed E-state index contributed by atoms with van der Waals surface area (Å²) in [7, 11) is -2.98. The van der Waals surface area contributed by atoms with E-state index in [0.717, 1.165) is 22.3 Å². The second-order valence-electron chi connectivity index (χ2n) is 11.6. The number of carbonyl (C=O) groups excluding carboxylic acids is 1. The summed E-state index contributed by atoms with van der Waals surface area (Å²) in [5, 5.41) is 14.4. The maximum Gasteiger partial charge on any atom is 0.261 e. The molecule has 4 aromatic rings. The normalized spacial score (nSPS) is 17.8. The van der Waals surface area contributed by atoms with Crippen molar-refractivity contribution < 1.29 is 18.3 Å². The lowest BCUT2D eigenvalue weighted by Crippen LogP contribution is -2.52. The highest BCUT2D eigenvalue weighted by Gasteiger charge is 2.27. The number of piperazine rings is 1. The minimum Gasteiger partial charge on any atom is -0.387 e. The number of halogens is 1. The molecular formula is C31H36ClN7O5S. The van der Waals surface area contributed by atoms with Gasteiger partial charge in [-0.2, -0.15) is 0 Å². The number of amides is 1. The highest BCUT2D eigenvalue weighted by atomic mass is 35.5. The van der Waals surface area contributed by atoms with Gasteiger partial charge in [0.2, 0.25) is 5.91 Å². The molecular weight excluding hydrogens is 618 g/mol. The fourth-order valence-electron chi connectivity index (χ4n) is 5.89. The number of aliphatic hydroxyl groups excluding tert-OH is 1. The van der Waals surface area contributed by atoms with E-state index in [-0.39, 0.29) is 36.1 Å². The highest BCUT2D eigenvalue weighted by molar-refractivity contribution is 7.91. The lowest BCUT2D eigenvalue weighted by molar-refractivity contribution is -0.132. The number of aryl methyl sites for hydroxylation is 1. The zero-order valence-electron chi connectivity index (χ0n) is 24.9. The van der Waals surface area contributed by atoms with Crippen LogP contribution in [-0.4, -0.2) is 108 Å². The third-order valence-electron chi connectivity index (χ3n) is 8.47. The molecule has 0 unspecified atom stereocenters. The van der Waals surface area contributed by atoms with Crippen LogP contribution in [0.1, 0.15) is 17.2 Å². The Morgan fingerprint density at radius 1 is 1.09 bits per heavy atom. The van der Waals surface area contributed by atoms with Crippen LogP contribution in [0.2, 0.25) is 5.02 Å². The summed E-state index contributed by atoms with van der Waals surface area (Å²) in [6.07, 6.45) is 0.712. The monoisotopic (exact) mass is 653 g/mol. The van der Waals surface area contributed by atoms with Crippen molar-refractivity contribution in [2.45, 2.75) is 13.0 Å². The van der Waals surface area contributed by atoms with Gasteiger partial charge in [-0.05, 0) is 48.4 Å². The van der Waals surface area contributed by atoms with Crippen LogP contribution in [0.15, 0.2) is 53.5 Å². The SMILES string of the molecule is Cc1cc(N2CCN(C(=O)CN3CCS(=O)(=O)CC3)CC2)cc2[nH]c(-c3c(NC[C@@H](O)c4cccc(Cl)c4)cc[nH]c3=O)nc12. The minimum atomic E-state index is -2.98. The first kappa shape index (κ1) is 31.1. The average Bonchev–Trinajstić information content (AvgIpc) is 3.45. The Bertz CT molecular complexity index is 1870. The second kappa shape index (κ2) is 12.8. The molecule has 238 valence electrons. The smallest absolute Gasteiger partial charge is 0.261 e. The van der Waals surface area contributed by atoms with E-state index in [1.165, 1.54) is 0 Å². The lowest BCUT2D eigenvalue weighted by atomic mass is 10.1. The van der Waals surface area contributed by atoms with Crippen molar-refractivity contribution in [3.63, 3.8) is 0 Å². The third-order valence-corrected chi connectivity index (χ3v) is 10.3. The molecule has 4 N–H and O–H groups in total. The number of hydrogen-bond acceptors (Lipinski definition) is 9. The number of fused-ring (bicyclic) bond motifs is 1. The van der Waals surface area contributed by atoms with Crippen LogP contribution in [0.5, 0.6) is 0 Å². The maximum absolute atomic E-state index is 13.0. The van der Waals surface area contributed by atoms with Gasteiger partial charge in [-0.3, -0.25) is 14.5 Å². The summed E-state index contributed by atoms with van der Waals surface area (Å²) in [6.45, 7) is 5.65. The Hall–Kier alpha value is -3.91. The summed E-state index contributed by atoms with van der Waals surface area (Å²) < 4.78 is 23.4. The molecule has 2 fully saturated rings. The van der Waals surface area contributed by atoms with Crippen molar-refractivity contribution in [1.29, 1.82) is 0 Å². The number of rotatable bonds is 8. The van der Waals surface area contributed by atoms with Gasteiger partial charge in [-0.1, -0.05) is 23.7 Å². The van der Waals surface area contributed by atoms with Gasteiger partial charge in [0.05, 0.1) is 40.9 Å². The summed E-state index contributed by atoms with van der Waals surface area (Å²) in [5.74, 6) is 0.646. The summed E-state index contributed by atoms with van der Waals surface area (Å²) >= 11 is 6.08. The largest absolute Gasteiger partial charge is 0.387 e. The molecule has 6 rings (SSSR count). The quantitative estimate of drug-likeness (QED) is 0.224. The van der Waals surface area contributed by atoms with Gasteiger partial charge in [-0.15, -0.1) is 0 Å². The summed E-state index contributed by atoms with van der Waals surface area (Å²) in [6, 6.07) is 12.8. The van der Waals surface area contributed by atoms with E-state index in [1.54, 1.807) is 36.5 Å². The molecule has 0 aliphatic carbocycles. The van der Waals surface area contributed by atoms with E-state index in [2.05, 4.69) is 26.3 Å². The van der Waals surface area contributed by atoms with E-state index in [0.29, 0.717) is 66.9 Å². The van der Waals surface area contributed by atoms with Gasteiger partial charge < -0.3 is 30.2 Å². The Morgan fingerprint density at radius 3 is 2.58 bits per heavy atom. The van der Waals surface area contributed by atoms with Gasteiger partial charge in [0.1, 0.15) is 11.4 Å². The molecule has 2 aliphatic heterocycles. The fourth-order valence-corrected chi connectivity index (χ4v) is 7.36. The Balaban J connectivity index is 1.14. The second-order valence-corrected chi connectivity index (χ2v) is 14.3. The minimum absolute atomic E-state index is 0.0244. The van der Waals surface area contributed by atoms with Crippen molar-refractivity contribution in [1.82, 2.24) is 24.8 Å². The number of aromatic nitrogens is 3. The van der Waals surface area contributed by atoms with E-state index in [9.17, 15) is 23.1 Å². The number of nitrogens with one attached hydrogen (secondary N) is 3. The predicted molar refractivity (Wildman–Crippen MR) is 176 cm³/mol. The molecule has 14 heteroatoms. The van der Waals surface area contributed by atoms with Gasteiger partial charge >= 0.3 is 0 Å². The van der Waals surface area contributed by atoms with Crippen LogP contribution in [0.25, 0.3) is 22.4 Å². The molecule has 0 bridgehead atoms. The van der Waals surface area contributed by atoms with Gasteiger partial charge in [0.15, 0.2) is 9.84 Å². The maximum atomic E-state index is 13.0. The van der Waals surface area contributed by atoms with Crippen LogP contribution in [0, 0.1) is 6.92 Å². The fraction of sp³-hybridized carbons (Fsp3) is 0.387. The van der Waals surface area contributed by atoms with Crippen LogP contribution in [0.3, 0.4) is 0 Å². The molecule has 0 spiro atoms. The number of carbonyl (C=O) groups is 1. The number of hydrogen-bond donors (Lipinski definition) is 4. The number of pyridine rings is 1. The number of H-pyrrole nitrogens is 2. The predicted octanol–water partition coefficient (Wildman–Crippen LogP) is 2.40. The number of imidazole rings is 1.